The molecule has 2 heterocycles. The predicted octanol–water partition coefficient (Wildman–Crippen LogP) is 1.95. The first-order chi connectivity index (χ1) is 7.58. The minimum absolute atomic E-state index is 0.105. The van der Waals surface area contributed by atoms with Gasteiger partial charge >= 0.3 is 0 Å². The van der Waals surface area contributed by atoms with Crippen LogP contribution >= 0.6 is 0 Å². The fourth-order valence-corrected chi connectivity index (χ4v) is 2.95. The van der Waals surface area contributed by atoms with E-state index in [1.54, 1.807) is 0 Å². The molecule has 3 nitrogen and oxygen atoms in total. The molecule has 16 heavy (non-hydrogen) atoms. The molecule has 0 aromatic heterocycles. The number of ether oxygens (including phenoxy) is 2. The Morgan fingerprint density at radius 2 is 1.94 bits per heavy atom. The molecule has 1 unspecified atom stereocenters. The molecule has 94 valence electrons. The van der Waals surface area contributed by atoms with Crippen molar-refractivity contribution in [3.8, 4) is 0 Å². The van der Waals surface area contributed by atoms with Gasteiger partial charge in [-0.05, 0) is 43.6 Å². The molecule has 0 aromatic rings. The fourth-order valence-electron chi connectivity index (χ4n) is 2.95. The highest BCUT2D eigenvalue weighted by Crippen LogP contribution is 2.43. The third kappa shape index (κ3) is 2.41. The summed E-state index contributed by atoms with van der Waals surface area (Å²) >= 11 is 0. The van der Waals surface area contributed by atoms with Crippen molar-refractivity contribution in [3.05, 3.63) is 0 Å². The van der Waals surface area contributed by atoms with Crippen LogP contribution in [0.2, 0.25) is 0 Å². The molecule has 0 aromatic carbocycles. The van der Waals surface area contributed by atoms with Crippen LogP contribution in [0, 0.1) is 11.3 Å². The maximum Gasteiger partial charge on any atom is 0.0729 e. The lowest BCUT2D eigenvalue weighted by atomic mass is 9.69. The zero-order valence-electron chi connectivity index (χ0n) is 10.6. The standard InChI is InChI=1S/C13H25NO2/c1-12(2,10-14)11-3-6-16-13(9-11)4-7-15-8-5-13/h11H,3-10,14H2,1-2H3. The Morgan fingerprint density at radius 1 is 1.25 bits per heavy atom. The summed E-state index contributed by atoms with van der Waals surface area (Å²) in [7, 11) is 0. The van der Waals surface area contributed by atoms with E-state index in [1.165, 1.54) is 6.42 Å². The Kier molecular flexibility index (Phi) is 3.57. The lowest BCUT2D eigenvalue weighted by Crippen LogP contribution is -2.48. The summed E-state index contributed by atoms with van der Waals surface area (Å²) in [4.78, 5) is 0. The normalized spacial score (nSPS) is 30.6. The van der Waals surface area contributed by atoms with Gasteiger partial charge in [-0.1, -0.05) is 13.8 Å². The largest absolute Gasteiger partial charge is 0.381 e. The highest BCUT2D eigenvalue weighted by Gasteiger charge is 2.43. The topological polar surface area (TPSA) is 44.5 Å². The van der Waals surface area contributed by atoms with Crippen LogP contribution in [0.3, 0.4) is 0 Å². The van der Waals surface area contributed by atoms with E-state index in [1.807, 2.05) is 0 Å². The van der Waals surface area contributed by atoms with Crippen LogP contribution < -0.4 is 5.73 Å². The zero-order valence-corrected chi connectivity index (χ0v) is 10.6. The van der Waals surface area contributed by atoms with Gasteiger partial charge in [0.25, 0.3) is 0 Å². The molecule has 2 aliphatic heterocycles. The molecule has 2 aliphatic rings. The van der Waals surface area contributed by atoms with Gasteiger partial charge in [0, 0.05) is 19.8 Å². The van der Waals surface area contributed by atoms with Crippen LogP contribution in [0.1, 0.15) is 39.5 Å². The number of hydrogen-bond acceptors (Lipinski definition) is 3. The molecular weight excluding hydrogens is 202 g/mol. The van der Waals surface area contributed by atoms with Crippen LogP contribution in [-0.2, 0) is 9.47 Å². The molecule has 3 heteroatoms. The molecule has 1 atom stereocenters. The van der Waals surface area contributed by atoms with Crippen LogP contribution in [0.25, 0.3) is 0 Å². The first kappa shape index (κ1) is 12.3. The molecule has 0 bridgehead atoms. The van der Waals surface area contributed by atoms with Crippen molar-refractivity contribution < 1.29 is 9.47 Å². The molecule has 1 spiro atoms. The number of nitrogens with two attached hydrogens (primary N) is 1. The highest BCUT2D eigenvalue weighted by atomic mass is 16.5. The van der Waals surface area contributed by atoms with E-state index in [0.717, 1.165) is 45.6 Å². The van der Waals surface area contributed by atoms with E-state index in [2.05, 4.69) is 13.8 Å². The lowest BCUT2D eigenvalue weighted by molar-refractivity contribution is -0.158. The van der Waals surface area contributed by atoms with Gasteiger partial charge < -0.3 is 15.2 Å². The summed E-state index contributed by atoms with van der Waals surface area (Å²) in [6.07, 6.45) is 4.45. The third-order valence-electron chi connectivity index (χ3n) is 4.53. The Bertz CT molecular complexity index is 229. The molecule has 2 saturated heterocycles. The van der Waals surface area contributed by atoms with Crippen LogP contribution in [0.5, 0.6) is 0 Å². The quantitative estimate of drug-likeness (QED) is 0.784. The SMILES string of the molecule is CC(C)(CN)C1CCOC2(CCOCC2)C1. The van der Waals surface area contributed by atoms with Crippen LogP contribution in [-0.4, -0.2) is 32.0 Å². The van der Waals surface area contributed by atoms with Gasteiger partial charge in [-0.25, -0.2) is 0 Å². The summed E-state index contributed by atoms with van der Waals surface area (Å²) in [6, 6.07) is 0. The van der Waals surface area contributed by atoms with Crippen molar-refractivity contribution in [2.24, 2.45) is 17.1 Å². The van der Waals surface area contributed by atoms with Gasteiger partial charge in [0.1, 0.15) is 0 Å². The molecule has 0 aliphatic carbocycles. The average molecular weight is 227 g/mol. The predicted molar refractivity (Wildman–Crippen MR) is 64.3 cm³/mol. The number of hydrogen-bond donors (Lipinski definition) is 1. The minimum Gasteiger partial charge on any atom is -0.381 e. The summed E-state index contributed by atoms with van der Waals surface area (Å²) in [5.74, 6) is 0.698. The smallest absolute Gasteiger partial charge is 0.0729 e. The lowest BCUT2D eigenvalue weighted by Gasteiger charge is -2.47. The first-order valence-electron chi connectivity index (χ1n) is 6.50. The maximum atomic E-state index is 6.06. The molecule has 0 amide bonds. The monoisotopic (exact) mass is 227 g/mol. The Balaban J connectivity index is 2.03. The summed E-state index contributed by atoms with van der Waals surface area (Å²) < 4.78 is 11.5. The van der Waals surface area contributed by atoms with Crippen molar-refractivity contribution in [1.82, 2.24) is 0 Å². The van der Waals surface area contributed by atoms with E-state index in [9.17, 15) is 0 Å². The van der Waals surface area contributed by atoms with Gasteiger partial charge in [-0.2, -0.15) is 0 Å². The maximum absolute atomic E-state index is 6.06. The van der Waals surface area contributed by atoms with Crippen molar-refractivity contribution in [3.63, 3.8) is 0 Å². The molecule has 0 saturated carbocycles. The number of rotatable bonds is 2. The molecule has 0 radical (unpaired) electrons. The van der Waals surface area contributed by atoms with Gasteiger partial charge in [-0.3, -0.25) is 0 Å². The van der Waals surface area contributed by atoms with E-state index in [4.69, 9.17) is 15.2 Å². The van der Waals surface area contributed by atoms with Crippen LogP contribution in [0.15, 0.2) is 0 Å². The molecule has 2 fully saturated rings. The summed E-state index contributed by atoms with van der Waals surface area (Å²) in [5.41, 5.74) is 6.24. The minimum atomic E-state index is 0.105. The van der Waals surface area contributed by atoms with Crippen LogP contribution in [0.4, 0.5) is 0 Å². The second-order valence-corrected chi connectivity index (χ2v) is 6.03. The van der Waals surface area contributed by atoms with Crippen molar-refractivity contribution in [2.75, 3.05) is 26.4 Å². The Hall–Kier alpha value is -0.120. The first-order valence-corrected chi connectivity index (χ1v) is 6.50. The van der Waals surface area contributed by atoms with E-state index >= 15 is 0 Å². The average Bonchev–Trinajstić information content (AvgIpc) is 2.30. The van der Waals surface area contributed by atoms with Crippen molar-refractivity contribution >= 4 is 0 Å². The third-order valence-corrected chi connectivity index (χ3v) is 4.53. The zero-order chi connectivity index (χ0) is 11.6. The van der Waals surface area contributed by atoms with Gasteiger partial charge in [0.15, 0.2) is 0 Å². The van der Waals surface area contributed by atoms with Gasteiger partial charge in [0.05, 0.1) is 5.60 Å². The second kappa shape index (κ2) is 4.63. The molecule has 2 rings (SSSR count). The highest BCUT2D eigenvalue weighted by molar-refractivity contribution is 4.93. The van der Waals surface area contributed by atoms with E-state index in [0.29, 0.717) is 5.92 Å². The molecule has 2 N–H and O–H groups in total. The summed E-state index contributed by atoms with van der Waals surface area (Å²) in [5, 5.41) is 0. The van der Waals surface area contributed by atoms with Crippen molar-refractivity contribution in [1.29, 1.82) is 0 Å². The van der Waals surface area contributed by atoms with Crippen molar-refractivity contribution in [2.45, 2.75) is 45.1 Å². The molecular formula is C13H25NO2. The van der Waals surface area contributed by atoms with Gasteiger partial charge in [-0.15, -0.1) is 0 Å². The summed E-state index contributed by atoms with van der Waals surface area (Å²) in [6.45, 7) is 7.95. The second-order valence-electron chi connectivity index (χ2n) is 6.03. The van der Waals surface area contributed by atoms with E-state index < -0.39 is 0 Å². The Morgan fingerprint density at radius 3 is 2.56 bits per heavy atom. The fraction of sp³-hybridized carbons (Fsp3) is 1.00. The Labute approximate surface area is 98.7 Å². The van der Waals surface area contributed by atoms with E-state index in [-0.39, 0.29) is 11.0 Å². The van der Waals surface area contributed by atoms with Gasteiger partial charge in [0.2, 0.25) is 0 Å².